The zero-order valence-electron chi connectivity index (χ0n) is 13.6. The average molecular weight is 324 g/mol. The normalized spacial score (nSPS) is 11.4. The Morgan fingerprint density at radius 3 is 2.65 bits per heavy atom. The van der Waals surface area contributed by atoms with Crippen molar-refractivity contribution in [2.75, 3.05) is 5.32 Å². The molecule has 0 radical (unpaired) electrons. The van der Waals surface area contributed by atoms with Crippen LogP contribution in [0.15, 0.2) is 48.7 Å². The SMILES string of the molecule is CC(C)(C)c1nsc(NCc2cccc(-c3ccccn3)c2)n1. The van der Waals surface area contributed by atoms with Crippen molar-refractivity contribution < 1.29 is 0 Å². The molecule has 2 heterocycles. The van der Waals surface area contributed by atoms with Crippen molar-refractivity contribution in [3.05, 3.63) is 60.0 Å². The fourth-order valence-corrected chi connectivity index (χ4v) is 2.90. The van der Waals surface area contributed by atoms with Gasteiger partial charge in [0.25, 0.3) is 0 Å². The second kappa shape index (κ2) is 6.46. The Morgan fingerprint density at radius 1 is 1.09 bits per heavy atom. The van der Waals surface area contributed by atoms with Gasteiger partial charge in [-0.1, -0.05) is 45.0 Å². The topological polar surface area (TPSA) is 50.7 Å². The lowest BCUT2D eigenvalue weighted by Crippen LogP contribution is -2.13. The Kier molecular flexibility index (Phi) is 4.39. The molecule has 0 aliphatic carbocycles. The van der Waals surface area contributed by atoms with Gasteiger partial charge in [-0.05, 0) is 23.8 Å². The maximum absolute atomic E-state index is 4.56. The third kappa shape index (κ3) is 3.93. The fraction of sp³-hybridized carbons (Fsp3) is 0.278. The van der Waals surface area contributed by atoms with Crippen LogP contribution in [0.25, 0.3) is 11.3 Å². The van der Waals surface area contributed by atoms with Gasteiger partial charge in [0.15, 0.2) is 0 Å². The molecule has 0 aliphatic heterocycles. The molecule has 3 aromatic rings. The number of rotatable bonds is 4. The highest BCUT2D eigenvalue weighted by Crippen LogP contribution is 2.24. The lowest BCUT2D eigenvalue weighted by Gasteiger charge is -2.12. The third-order valence-electron chi connectivity index (χ3n) is 3.43. The molecule has 1 N–H and O–H groups in total. The van der Waals surface area contributed by atoms with Crippen LogP contribution in [0.1, 0.15) is 32.2 Å². The third-order valence-corrected chi connectivity index (χ3v) is 4.10. The first-order chi connectivity index (χ1) is 11.0. The molecule has 3 rings (SSSR count). The second-order valence-corrected chi connectivity index (χ2v) is 7.19. The average Bonchev–Trinajstić information content (AvgIpc) is 3.03. The molecular weight excluding hydrogens is 304 g/mol. The summed E-state index contributed by atoms with van der Waals surface area (Å²) in [7, 11) is 0. The van der Waals surface area contributed by atoms with E-state index in [2.05, 4.69) is 64.7 Å². The minimum Gasteiger partial charge on any atom is -0.356 e. The van der Waals surface area contributed by atoms with Gasteiger partial charge in [0, 0.05) is 35.3 Å². The molecule has 0 spiro atoms. The number of aromatic nitrogens is 3. The summed E-state index contributed by atoms with van der Waals surface area (Å²) in [6, 6.07) is 14.3. The van der Waals surface area contributed by atoms with Crippen molar-refractivity contribution in [2.24, 2.45) is 0 Å². The largest absolute Gasteiger partial charge is 0.356 e. The van der Waals surface area contributed by atoms with Gasteiger partial charge < -0.3 is 5.32 Å². The molecule has 23 heavy (non-hydrogen) atoms. The molecule has 0 atom stereocenters. The molecule has 0 bridgehead atoms. The van der Waals surface area contributed by atoms with Crippen molar-refractivity contribution in [1.29, 1.82) is 0 Å². The van der Waals surface area contributed by atoms with Crippen LogP contribution < -0.4 is 5.32 Å². The number of nitrogens with zero attached hydrogens (tertiary/aromatic N) is 3. The standard InChI is InChI=1S/C18H20N4S/c1-18(2,3)16-21-17(23-22-16)20-12-13-7-6-8-14(11-13)15-9-4-5-10-19-15/h4-11H,12H2,1-3H3,(H,20,21,22). The van der Waals surface area contributed by atoms with Crippen LogP contribution >= 0.6 is 11.5 Å². The summed E-state index contributed by atoms with van der Waals surface area (Å²) in [5, 5.41) is 4.22. The van der Waals surface area contributed by atoms with Gasteiger partial charge >= 0.3 is 0 Å². The first kappa shape index (κ1) is 15.6. The van der Waals surface area contributed by atoms with Crippen LogP contribution in [-0.4, -0.2) is 14.3 Å². The first-order valence-electron chi connectivity index (χ1n) is 7.61. The van der Waals surface area contributed by atoms with Crippen LogP contribution in [0.3, 0.4) is 0 Å². The van der Waals surface area contributed by atoms with Crippen LogP contribution in [-0.2, 0) is 12.0 Å². The van der Waals surface area contributed by atoms with Gasteiger partial charge in [-0.2, -0.15) is 4.37 Å². The van der Waals surface area contributed by atoms with E-state index >= 15 is 0 Å². The lowest BCUT2D eigenvalue weighted by molar-refractivity contribution is 0.555. The number of benzene rings is 1. The van der Waals surface area contributed by atoms with E-state index in [0.29, 0.717) is 0 Å². The van der Waals surface area contributed by atoms with E-state index in [0.717, 1.165) is 28.8 Å². The quantitative estimate of drug-likeness (QED) is 0.767. The minimum atomic E-state index is -0.0185. The van der Waals surface area contributed by atoms with Gasteiger partial charge in [0.1, 0.15) is 5.82 Å². The van der Waals surface area contributed by atoms with Crippen molar-refractivity contribution >= 4 is 16.7 Å². The molecule has 1 aromatic carbocycles. The molecule has 0 unspecified atom stereocenters. The Morgan fingerprint density at radius 2 is 1.96 bits per heavy atom. The number of nitrogens with one attached hydrogen (secondary N) is 1. The Balaban J connectivity index is 1.70. The van der Waals surface area contributed by atoms with E-state index in [9.17, 15) is 0 Å². The van der Waals surface area contributed by atoms with Crippen molar-refractivity contribution in [1.82, 2.24) is 14.3 Å². The summed E-state index contributed by atoms with van der Waals surface area (Å²) in [5.74, 6) is 0.882. The molecule has 5 heteroatoms. The lowest BCUT2D eigenvalue weighted by atomic mass is 9.96. The van der Waals surface area contributed by atoms with Crippen molar-refractivity contribution in [3.63, 3.8) is 0 Å². The summed E-state index contributed by atoms with van der Waals surface area (Å²) in [5.41, 5.74) is 3.29. The van der Waals surface area contributed by atoms with Crippen molar-refractivity contribution in [2.45, 2.75) is 32.7 Å². The van der Waals surface area contributed by atoms with E-state index in [-0.39, 0.29) is 5.41 Å². The van der Waals surface area contributed by atoms with Gasteiger partial charge in [0.2, 0.25) is 5.13 Å². The van der Waals surface area contributed by atoms with E-state index < -0.39 is 0 Å². The predicted octanol–water partition coefficient (Wildman–Crippen LogP) is 4.51. The molecule has 0 saturated heterocycles. The van der Waals surface area contributed by atoms with E-state index in [4.69, 9.17) is 0 Å². The Labute approximate surface area is 140 Å². The number of anilines is 1. The fourth-order valence-electron chi connectivity index (χ4n) is 2.15. The molecule has 118 valence electrons. The molecule has 4 nitrogen and oxygen atoms in total. The number of hydrogen-bond donors (Lipinski definition) is 1. The number of hydrogen-bond acceptors (Lipinski definition) is 5. The second-order valence-electron chi connectivity index (χ2n) is 6.44. The van der Waals surface area contributed by atoms with E-state index in [1.54, 1.807) is 0 Å². The summed E-state index contributed by atoms with van der Waals surface area (Å²) in [6.07, 6.45) is 1.82. The monoisotopic (exact) mass is 324 g/mol. The highest BCUT2D eigenvalue weighted by molar-refractivity contribution is 7.09. The zero-order valence-corrected chi connectivity index (χ0v) is 14.4. The highest BCUT2D eigenvalue weighted by Gasteiger charge is 2.19. The smallest absolute Gasteiger partial charge is 0.202 e. The van der Waals surface area contributed by atoms with E-state index in [1.165, 1.54) is 17.1 Å². The molecule has 0 amide bonds. The summed E-state index contributed by atoms with van der Waals surface area (Å²) >= 11 is 1.41. The van der Waals surface area contributed by atoms with E-state index in [1.807, 2.05) is 24.4 Å². The van der Waals surface area contributed by atoms with Crippen molar-refractivity contribution in [3.8, 4) is 11.3 Å². The van der Waals surface area contributed by atoms with Crippen LogP contribution in [0, 0.1) is 0 Å². The predicted molar refractivity (Wildman–Crippen MR) is 95.6 cm³/mol. The summed E-state index contributed by atoms with van der Waals surface area (Å²) in [4.78, 5) is 8.96. The van der Waals surface area contributed by atoms with Crippen LogP contribution in [0.5, 0.6) is 0 Å². The highest BCUT2D eigenvalue weighted by atomic mass is 32.1. The molecule has 0 saturated carbocycles. The minimum absolute atomic E-state index is 0.0185. The molecule has 2 aromatic heterocycles. The maximum atomic E-state index is 4.56. The first-order valence-corrected chi connectivity index (χ1v) is 8.38. The molecular formula is C18H20N4S. The van der Waals surface area contributed by atoms with Gasteiger partial charge in [0.05, 0.1) is 5.69 Å². The van der Waals surface area contributed by atoms with Gasteiger partial charge in [-0.3, -0.25) is 4.98 Å². The van der Waals surface area contributed by atoms with Gasteiger partial charge in [-0.15, -0.1) is 0 Å². The summed E-state index contributed by atoms with van der Waals surface area (Å²) < 4.78 is 4.42. The molecule has 0 aliphatic rings. The zero-order chi connectivity index (χ0) is 16.3. The Hall–Kier alpha value is -2.27. The summed E-state index contributed by atoms with van der Waals surface area (Å²) in [6.45, 7) is 7.08. The number of pyridine rings is 1. The Bertz CT molecular complexity index is 775. The van der Waals surface area contributed by atoms with Gasteiger partial charge in [-0.25, -0.2) is 4.98 Å². The van der Waals surface area contributed by atoms with Crippen LogP contribution in [0.2, 0.25) is 0 Å². The van der Waals surface area contributed by atoms with Crippen LogP contribution in [0.4, 0.5) is 5.13 Å². The molecule has 0 fully saturated rings. The maximum Gasteiger partial charge on any atom is 0.202 e.